The van der Waals surface area contributed by atoms with Crippen LogP contribution in [-0.2, 0) is 4.79 Å². The average Bonchev–Trinajstić information content (AvgIpc) is 3.05. The lowest BCUT2D eigenvalue weighted by Gasteiger charge is -2.23. The van der Waals surface area contributed by atoms with Gasteiger partial charge in [0.2, 0.25) is 5.91 Å². The van der Waals surface area contributed by atoms with Crippen LogP contribution in [0.1, 0.15) is 19.3 Å². The van der Waals surface area contributed by atoms with E-state index in [-0.39, 0.29) is 18.3 Å². The fraction of sp³-hybridized carbons (Fsp3) is 0.917. The Hall–Kier alpha value is -0.320. The summed E-state index contributed by atoms with van der Waals surface area (Å²) in [4.78, 5) is 16.1. The van der Waals surface area contributed by atoms with Crippen LogP contribution in [0.4, 0.5) is 0 Å². The maximum Gasteiger partial charge on any atom is 0.236 e. The molecule has 0 unspecified atom stereocenters. The highest BCUT2D eigenvalue weighted by Crippen LogP contribution is 2.29. The van der Waals surface area contributed by atoms with Gasteiger partial charge in [-0.25, -0.2) is 0 Å². The van der Waals surface area contributed by atoms with Gasteiger partial charge < -0.3 is 10.2 Å². The molecular formula is C12H24ClN3O. The molecule has 1 amide bonds. The van der Waals surface area contributed by atoms with Gasteiger partial charge in [-0.3, -0.25) is 9.69 Å². The molecule has 0 aromatic carbocycles. The molecule has 0 bridgehead atoms. The topological polar surface area (TPSA) is 35.6 Å². The molecule has 2 fully saturated rings. The zero-order chi connectivity index (χ0) is 11.4. The Morgan fingerprint density at radius 2 is 2.12 bits per heavy atom. The van der Waals surface area contributed by atoms with Crippen molar-refractivity contribution < 1.29 is 4.79 Å². The minimum Gasteiger partial charge on any atom is -0.344 e. The minimum absolute atomic E-state index is 0. The summed E-state index contributed by atoms with van der Waals surface area (Å²) in [5, 5.41) is 3.36. The summed E-state index contributed by atoms with van der Waals surface area (Å²) < 4.78 is 0. The highest BCUT2D eigenvalue weighted by molar-refractivity contribution is 5.85. The van der Waals surface area contributed by atoms with Crippen molar-refractivity contribution in [1.29, 1.82) is 0 Å². The van der Waals surface area contributed by atoms with Gasteiger partial charge in [0.25, 0.3) is 0 Å². The van der Waals surface area contributed by atoms with Crippen molar-refractivity contribution in [1.82, 2.24) is 15.1 Å². The van der Waals surface area contributed by atoms with Crippen LogP contribution in [0.25, 0.3) is 0 Å². The molecule has 4 nitrogen and oxygen atoms in total. The van der Waals surface area contributed by atoms with Gasteiger partial charge in [-0.1, -0.05) is 0 Å². The lowest BCUT2D eigenvalue weighted by atomic mass is 10.3. The van der Waals surface area contributed by atoms with Gasteiger partial charge in [0.05, 0.1) is 6.54 Å². The van der Waals surface area contributed by atoms with Crippen LogP contribution < -0.4 is 5.32 Å². The molecule has 17 heavy (non-hydrogen) atoms. The molecule has 1 saturated carbocycles. The Labute approximate surface area is 110 Å². The predicted molar refractivity (Wildman–Crippen MR) is 71.5 cm³/mol. The molecule has 0 aromatic heterocycles. The SMILES string of the molecule is CN(CC1CC1)C(=O)CN1CCCNCC1.Cl. The van der Waals surface area contributed by atoms with Gasteiger partial charge in [0, 0.05) is 26.7 Å². The number of hydrogen-bond donors (Lipinski definition) is 1. The van der Waals surface area contributed by atoms with E-state index < -0.39 is 0 Å². The van der Waals surface area contributed by atoms with Crippen molar-refractivity contribution in [2.24, 2.45) is 5.92 Å². The maximum absolute atomic E-state index is 12.0. The second-order valence-corrected chi connectivity index (χ2v) is 5.10. The van der Waals surface area contributed by atoms with Crippen molar-refractivity contribution in [2.75, 3.05) is 46.3 Å². The zero-order valence-electron chi connectivity index (χ0n) is 10.7. The van der Waals surface area contributed by atoms with Gasteiger partial charge in [-0.2, -0.15) is 0 Å². The first-order valence-electron chi connectivity index (χ1n) is 6.43. The van der Waals surface area contributed by atoms with Gasteiger partial charge in [-0.15, -0.1) is 12.4 Å². The molecule has 2 aliphatic rings. The molecule has 100 valence electrons. The first-order chi connectivity index (χ1) is 7.75. The minimum atomic E-state index is 0. The number of halogens is 1. The Balaban J connectivity index is 0.00000144. The average molecular weight is 262 g/mol. The van der Waals surface area contributed by atoms with E-state index in [0.717, 1.165) is 45.1 Å². The van der Waals surface area contributed by atoms with Crippen LogP contribution in [0.5, 0.6) is 0 Å². The lowest BCUT2D eigenvalue weighted by molar-refractivity contribution is -0.131. The fourth-order valence-corrected chi connectivity index (χ4v) is 2.16. The largest absolute Gasteiger partial charge is 0.344 e. The number of amides is 1. The first-order valence-corrected chi connectivity index (χ1v) is 6.43. The smallest absolute Gasteiger partial charge is 0.236 e. The molecule has 0 radical (unpaired) electrons. The molecule has 1 aliphatic carbocycles. The van der Waals surface area contributed by atoms with Crippen LogP contribution in [0.2, 0.25) is 0 Å². The Kier molecular flexibility index (Phi) is 6.23. The molecular weight excluding hydrogens is 238 g/mol. The van der Waals surface area contributed by atoms with Crippen LogP contribution in [0, 0.1) is 5.92 Å². The molecule has 0 aromatic rings. The maximum atomic E-state index is 12.0. The van der Waals surface area contributed by atoms with Crippen LogP contribution in [0.15, 0.2) is 0 Å². The lowest BCUT2D eigenvalue weighted by Crippen LogP contribution is -2.40. The summed E-state index contributed by atoms with van der Waals surface area (Å²) in [6.07, 6.45) is 3.77. The second-order valence-electron chi connectivity index (χ2n) is 5.10. The van der Waals surface area contributed by atoms with Crippen LogP contribution in [0.3, 0.4) is 0 Å². The van der Waals surface area contributed by atoms with E-state index in [9.17, 15) is 4.79 Å². The van der Waals surface area contributed by atoms with E-state index in [2.05, 4.69) is 10.2 Å². The molecule has 1 saturated heterocycles. The third kappa shape index (κ3) is 5.23. The molecule has 0 spiro atoms. The number of likely N-dealkylation sites (N-methyl/N-ethyl adjacent to an activating group) is 1. The Morgan fingerprint density at radius 3 is 2.82 bits per heavy atom. The van der Waals surface area contributed by atoms with E-state index in [0.29, 0.717) is 6.54 Å². The molecule has 5 heteroatoms. The van der Waals surface area contributed by atoms with E-state index in [1.165, 1.54) is 12.8 Å². The van der Waals surface area contributed by atoms with Crippen molar-refractivity contribution in [2.45, 2.75) is 19.3 Å². The standard InChI is InChI=1S/C12H23N3O.ClH/c1-14(9-11-3-4-11)12(16)10-15-7-2-5-13-6-8-15;/h11,13H,2-10H2,1H3;1H. The molecule has 1 aliphatic heterocycles. The van der Waals surface area contributed by atoms with E-state index in [1.807, 2.05) is 11.9 Å². The molecule has 1 heterocycles. The zero-order valence-corrected chi connectivity index (χ0v) is 11.5. The highest BCUT2D eigenvalue weighted by atomic mass is 35.5. The van der Waals surface area contributed by atoms with Crippen molar-refractivity contribution in [3.63, 3.8) is 0 Å². The van der Waals surface area contributed by atoms with Gasteiger partial charge in [0.1, 0.15) is 0 Å². The number of carbonyl (C=O) groups excluding carboxylic acids is 1. The second kappa shape index (κ2) is 7.19. The van der Waals surface area contributed by atoms with Gasteiger partial charge in [0.15, 0.2) is 0 Å². The van der Waals surface area contributed by atoms with Gasteiger partial charge in [-0.05, 0) is 38.3 Å². The summed E-state index contributed by atoms with van der Waals surface area (Å²) in [5.41, 5.74) is 0. The number of carbonyl (C=O) groups is 1. The molecule has 0 atom stereocenters. The van der Waals surface area contributed by atoms with Gasteiger partial charge >= 0.3 is 0 Å². The fourth-order valence-electron chi connectivity index (χ4n) is 2.16. The van der Waals surface area contributed by atoms with E-state index in [1.54, 1.807) is 0 Å². The predicted octanol–water partition coefficient (Wildman–Crippen LogP) is 0.572. The summed E-state index contributed by atoms with van der Waals surface area (Å²) in [6, 6.07) is 0. The monoisotopic (exact) mass is 261 g/mol. The number of nitrogens with one attached hydrogen (secondary N) is 1. The summed E-state index contributed by atoms with van der Waals surface area (Å²) in [6.45, 7) is 5.72. The van der Waals surface area contributed by atoms with E-state index in [4.69, 9.17) is 0 Å². The van der Waals surface area contributed by atoms with Crippen LogP contribution in [-0.4, -0.2) is 62.0 Å². The summed E-state index contributed by atoms with van der Waals surface area (Å²) in [7, 11) is 1.94. The Morgan fingerprint density at radius 1 is 1.35 bits per heavy atom. The van der Waals surface area contributed by atoms with Crippen molar-refractivity contribution >= 4 is 18.3 Å². The molecule has 2 rings (SSSR count). The number of nitrogens with zero attached hydrogens (tertiary/aromatic N) is 2. The third-order valence-electron chi connectivity index (χ3n) is 3.45. The van der Waals surface area contributed by atoms with Crippen molar-refractivity contribution in [3.05, 3.63) is 0 Å². The summed E-state index contributed by atoms with van der Waals surface area (Å²) in [5.74, 6) is 1.08. The normalized spacial score (nSPS) is 21.5. The number of hydrogen-bond acceptors (Lipinski definition) is 3. The van der Waals surface area contributed by atoms with Crippen LogP contribution >= 0.6 is 12.4 Å². The first kappa shape index (κ1) is 14.7. The third-order valence-corrected chi connectivity index (χ3v) is 3.45. The summed E-state index contributed by atoms with van der Waals surface area (Å²) >= 11 is 0. The molecule has 1 N–H and O–H groups in total. The number of rotatable bonds is 4. The highest BCUT2D eigenvalue weighted by Gasteiger charge is 2.25. The van der Waals surface area contributed by atoms with Crippen molar-refractivity contribution in [3.8, 4) is 0 Å². The Bertz CT molecular complexity index is 238. The van der Waals surface area contributed by atoms with E-state index >= 15 is 0 Å². The quantitative estimate of drug-likeness (QED) is 0.804.